The molecule has 1 rings (SSSR count). The number of hydrogen-bond acceptors (Lipinski definition) is 3. The van der Waals surface area contributed by atoms with E-state index < -0.39 is 6.10 Å². The van der Waals surface area contributed by atoms with Crippen LogP contribution in [0.1, 0.15) is 32.6 Å². The van der Waals surface area contributed by atoms with Gasteiger partial charge in [-0.25, -0.2) is 0 Å². The van der Waals surface area contributed by atoms with E-state index in [0.717, 1.165) is 25.7 Å². The molecule has 0 saturated carbocycles. The minimum Gasteiger partial charge on any atom is -0.495 e. The van der Waals surface area contributed by atoms with Crippen LogP contribution in [0, 0.1) is 0 Å². The highest BCUT2D eigenvalue weighted by Crippen LogP contribution is 2.19. The Labute approximate surface area is 85.7 Å². The zero-order valence-corrected chi connectivity index (χ0v) is 9.03. The standard InChI is InChI=1S/C11H20O3/c1-3-6-9(13-2)11(12)10-7-4-5-8-14-10/h7,9,11-12H,3-6,8H2,1-2H3. The minimum absolute atomic E-state index is 0.135. The van der Waals surface area contributed by atoms with Crippen LogP contribution in [0.5, 0.6) is 0 Å². The molecule has 1 aliphatic rings. The van der Waals surface area contributed by atoms with Crippen LogP contribution in [0.4, 0.5) is 0 Å². The zero-order chi connectivity index (χ0) is 10.4. The number of aliphatic hydroxyl groups excluding tert-OH is 1. The molecule has 2 atom stereocenters. The van der Waals surface area contributed by atoms with Crippen LogP contribution in [-0.4, -0.2) is 31.0 Å². The number of hydrogen-bond donors (Lipinski definition) is 1. The zero-order valence-electron chi connectivity index (χ0n) is 9.03. The van der Waals surface area contributed by atoms with Crippen molar-refractivity contribution in [1.29, 1.82) is 0 Å². The monoisotopic (exact) mass is 200 g/mol. The van der Waals surface area contributed by atoms with Crippen molar-refractivity contribution in [3.63, 3.8) is 0 Å². The third kappa shape index (κ3) is 3.00. The molecule has 0 spiro atoms. The first kappa shape index (κ1) is 11.5. The quantitative estimate of drug-likeness (QED) is 0.736. The number of methoxy groups -OCH3 is 1. The molecule has 0 aliphatic carbocycles. The van der Waals surface area contributed by atoms with Gasteiger partial charge in [-0.05, 0) is 25.3 Å². The van der Waals surface area contributed by atoms with E-state index in [2.05, 4.69) is 6.92 Å². The molecule has 82 valence electrons. The van der Waals surface area contributed by atoms with Gasteiger partial charge in [-0.3, -0.25) is 0 Å². The summed E-state index contributed by atoms with van der Waals surface area (Å²) in [6, 6.07) is 0. The van der Waals surface area contributed by atoms with Crippen molar-refractivity contribution in [3.8, 4) is 0 Å². The summed E-state index contributed by atoms with van der Waals surface area (Å²) in [5.41, 5.74) is 0. The number of aliphatic hydroxyl groups is 1. The van der Waals surface area contributed by atoms with Gasteiger partial charge in [0.25, 0.3) is 0 Å². The number of allylic oxidation sites excluding steroid dienone is 1. The number of ether oxygens (including phenoxy) is 2. The molecule has 0 bridgehead atoms. The van der Waals surface area contributed by atoms with Gasteiger partial charge in [0.15, 0.2) is 0 Å². The third-order valence-corrected chi connectivity index (χ3v) is 2.48. The largest absolute Gasteiger partial charge is 0.495 e. The van der Waals surface area contributed by atoms with Gasteiger partial charge in [-0.1, -0.05) is 13.3 Å². The molecule has 3 nitrogen and oxygen atoms in total. The first-order valence-corrected chi connectivity index (χ1v) is 5.33. The molecule has 0 radical (unpaired) electrons. The summed E-state index contributed by atoms with van der Waals surface area (Å²) >= 11 is 0. The lowest BCUT2D eigenvalue weighted by Gasteiger charge is -2.25. The fourth-order valence-electron chi connectivity index (χ4n) is 1.66. The fraction of sp³-hybridized carbons (Fsp3) is 0.818. The van der Waals surface area contributed by atoms with Crippen LogP contribution in [0.15, 0.2) is 11.8 Å². The molecule has 0 amide bonds. The molecular formula is C11H20O3. The highest BCUT2D eigenvalue weighted by Gasteiger charge is 2.24. The van der Waals surface area contributed by atoms with E-state index in [9.17, 15) is 5.11 Å². The Morgan fingerprint density at radius 2 is 2.43 bits per heavy atom. The summed E-state index contributed by atoms with van der Waals surface area (Å²) in [5.74, 6) is 0.691. The molecule has 1 heterocycles. The first-order valence-electron chi connectivity index (χ1n) is 5.33. The van der Waals surface area contributed by atoms with E-state index in [1.165, 1.54) is 0 Å². The van der Waals surface area contributed by atoms with E-state index in [4.69, 9.17) is 9.47 Å². The SMILES string of the molecule is CCCC(OC)C(O)C1=CCCCO1. The van der Waals surface area contributed by atoms with Crippen molar-refractivity contribution in [1.82, 2.24) is 0 Å². The Morgan fingerprint density at radius 3 is 2.93 bits per heavy atom. The topological polar surface area (TPSA) is 38.7 Å². The highest BCUT2D eigenvalue weighted by atomic mass is 16.5. The lowest BCUT2D eigenvalue weighted by Crippen LogP contribution is -2.31. The summed E-state index contributed by atoms with van der Waals surface area (Å²) in [6.45, 7) is 2.79. The molecule has 0 aromatic carbocycles. The maximum absolute atomic E-state index is 9.95. The Kier molecular flexibility index (Phi) is 4.98. The molecule has 1 aliphatic heterocycles. The molecule has 0 aromatic heterocycles. The van der Waals surface area contributed by atoms with Crippen LogP contribution >= 0.6 is 0 Å². The molecule has 1 N–H and O–H groups in total. The predicted molar refractivity (Wildman–Crippen MR) is 55.0 cm³/mol. The van der Waals surface area contributed by atoms with Gasteiger partial charge in [0.05, 0.1) is 12.7 Å². The molecule has 2 unspecified atom stereocenters. The Balaban J connectivity index is 2.51. The van der Waals surface area contributed by atoms with Crippen LogP contribution < -0.4 is 0 Å². The molecular weight excluding hydrogens is 180 g/mol. The van der Waals surface area contributed by atoms with Crippen molar-refractivity contribution >= 4 is 0 Å². The molecule has 0 saturated heterocycles. The Bertz CT molecular complexity index is 189. The fourth-order valence-corrected chi connectivity index (χ4v) is 1.66. The normalized spacial score (nSPS) is 20.9. The smallest absolute Gasteiger partial charge is 0.137 e. The highest BCUT2D eigenvalue weighted by molar-refractivity contribution is 5.04. The van der Waals surface area contributed by atoms with Crippen molar-refractivity contribution in [2.45, 2.75) is 44.8 Å². The van der Waals surface area contributed by atoms with Gasteiger partial charge in [0.2, 0.25) is 0 Å². The first-order chi connectivity index (χ1) is 6.79. The summed E-state index contributed by atoms with van der Waals surface area (Å²) in [5, 5.41) is 9.95. The summed E-state index contributed by atoms with van der Waals surface area (Å²) < 4.78 is 10.6. The van der Waals surface area contributed by atoms with Gasteiger partial charge in [0, 0.05) is 7.11 Å². The Hall–Kier alpha value is -0.540. The molecule has 0 fully saturated rings. The van der Waals surface area contributed by atoms with E-state index in [-0.39, 0.29) is 6.10 Å². The average molecular weight is 200 g/mol. The maximum atomic E-state index is 9.95. The Morgan fingerprint density at radius 1 is 1.64 bits per heavy atom. The van der Waals surface area contributed by atoms with E-state index >= 15 is 0 Å². The minimum atomic E-state index is -0.597. The van der Waals surface area contributed by atoms with Crippen molar-refractivity contribution < 1.29 is 14.6 Å². The van der Waals surface area contributed by atoms with Gasteiger partial charge >= 0.3 is 0 Å². The average Bonchev–Trinajstić information content (AvgIpc) is 2.26. The van der Waals surface area contributed by atoms with Gasteiger partial charge in [-0.15, -0.1) is 0 Å². The molecule has 14 heavy (non-hydrogen) atoms. The second-order valence-corrected chi connectivity index (χ2v) is 3.60. The van der Waals surface area contributed by atoms with Crippen molar-refractivity contribution in [3.05, 3.63) is 11.8 Å². The van der Waals surface area contributed by atoms with Crippen LogP contribution in [0.2, 0.25) is 0 Å². The van der Waals surface area contributed by atoms with E-state index in [1.807, 2.05) is 6.08 Å². The van der Waals surface area contributed by atoms with Gasteiger partial charge in [0.1, 0.15) is 11.9 Å². The second-order valence-electron chi connectivity index (χ2n) is 3.60. The third-order valence-electron chi connectivity index (χ3n) is 2.48. The summed E-state index contributed by atoms with van der Waals surface area (Å²) in [6.07, 6.45) is 5.14. The lowest BCUT2D eigenvalue weighted by atomic mass is 10.1. The summed E-state index contributed by atoms with van der Waals surface area (Å²) in [7, 11) is 1.63. The van der Waals surface area contributed by atoms with Crippen molar-refractivity contribution in [2.75, 3.05) is 13.7 Å². The summed E-state index contributed by atoms with van der Waals surface area (Å²) in [4.78, 5) is 0. The van der Waals surface area contributed by atoms with Gasteiger partial charge < -0.3 is 14.6 Å². The molecule has 0 aromatic rings. The maximum Gasteiger partial charge on any atom is 0.137 e. The lowest BCUT2D eigenvalue weighted by molar-refractivity contribution is -0.0288. The van der Waals surface area contributed by atoms with Crippen LogP contribution in [0.3, 0.4) is 0 Å². The van der Waals surface area contributed by atoms with Gasteiger partial charge in [-0.2, -0.15) is 0 Å². The predicted octanol–water partition coefficient (Wildman–Crippen LogP) is 1.86. The second kappa shape index (κ2) is 6.04. The van der Waals surface area contributed by atoms with E-state index in [1.54, 1.807) is 7.11 Å². The van der Waals surface area contributed by atoms with Crippen LogP contribution in [0.25, 0.3) is 0 Å². The van der Waals surface area contributed by atoms with Crippen molar-refractivity contribution in [2.24, 2.45) is 0 Å². The molecule has 3 heteroatoms. The van der Waals surface area contributed by atoms with E-state index in [0.29, 0.717) is 12.4 Å². The number of rotatable bonds is 5. The van der Waals surface area contributed by atoms with Crippen LogP contribution in [-0.2, 0) is 9.47 Å².